The lowest BCUT2D eigenvalue weighted by molar-refractivity contribution is -0.127. The van der Waals surface area contributed by atoms with Gasteiger partial charge in [0.1, 0.15) is 5.78 Å². The van der Waals surface area contributed by atoms with Crippen LogP contribution in [0.1, 0.15) is 43.9 Å². The van der Waals surface area contributed by atoms with Crippen LogP contribution >= 0.6 is 0 Å². The molecule has 0 spiro atoms. The summed E-state index contributed by atoms with van der Waals surface area (Å²) in [5.41, 5.74) is 3.62. The standard InChI is InChI=1S/C18H22N2O/c1-18(14-7-3-5-9-16(14)21)17-13(10-11-19-18)12-6-2-4-8-15(12)20-17/h2,4,6,8,14,19-20H,3,5,7,9-11H2,1H3. The Bertz CT molecular complexity index is 702. The number of benzene rings is 1. The second-order valence-electron chi connectivity index (χ2n) is 6.67. The van der Waals surface area contributed by atoms with Gasteiger partial charge in [-0.1, -0.05) is 24.6 Å². The highest BCUT2D eigenvalue weighted by atomic mass is 16.1. The van der Waals surface area contributed by atoms with Crippen LogP contribution in [0.2, 0.25) is 0 Å². The Morgan fingerprint density at radius 2 is 2.05 bits per heavy atom. The molecule has 2 unspecified atom stereocenters. The first kappa shape index (κ1) is 13.1. The van der Waals surface area contributed by atoms with Crippen LogP contribution in [-0.4, -0.2) is 17.3 Å². The molecule has 4 rings (SSSR count). The van der Waals surface area contributed by atoms with Gasteiger partial charge in [-0.25, -0.2) is 0 Å². The predicted octanol–water partition coefficient (Wildman–Crippen LogP) is 3.29. The van der Waals surface area contributed by atoms with Crippen molar-refractivity contribution >= 4 is 16.7 Å². The van der Waals surface area contributed by atoms with Crippen molar-refractivity contribution in [1.82, 2.24) is 10.3 Å². The van der Waals surface area contributed by atoms with Gasteiger partial charge >= 0.3 is 0 Å². The van der Waals surface area contributed by atoms with Crippen molar-refractivity contribution < 1.29 is 4.79 Å². The van der Waals surface area contributed by atoms with Crippen molar-refractivity contribution in [3.63, 3.8) is 0 Å². The molecule has 1 aromatic heterocycles. The van der Waals surface area contributed by atoms with Crippen molar-refractivity contribution in [2.24, 2.45) is 5.92 Å². The van der Waals surface area contributed by atoms with E-state index in [0.29, 0.717) is 5.78 Å². The van der Waals surface area contributed by atoms with E-state index in [1.807, 2.05) is 0 Å². The van der Waals surface area contributed by atoms with Gasteiger partial charge in [-0.2, -0.15) is 0 Å². The fraction of sp³-hybridized carbons (Fsp3) is 0.500. The molecule has 1 aromatic carbocycles. The zero-order chi connectivity index (χ0) is 14.4. The maximum absolute atomic E-state index is 12.5. The average Bonchev–Trinajstić information content (AvgIpc) is 2.88. The molecule has 2 N–H and O–H groups in total. The number of carbonyl (C=O) groups excluding carboxylic acids is 1. The Hall–Kier alpha value is -1.61. The Labute approximate surface area is 125 Å². The summed E-state index contributed by atoms with van der Waals surface area (Å²) >= 11 is 0. The molecule has 3 nitrogen and oxygen atoms in total. The molecule has 0 radical (unpaired) electrons. The molecule has 2 heterocycles. The first-order chi connectivity index (χ1) is 10.2. The van der Waals surface area contributed by atoms with Crippen molar-refractivity contribution in [3.8, 4) is 0 Å². The third-order valence-corrected chi connectivity index (χ3v) is 5.45. The number of H-pyrrole nitrogens is 1. The predicted molar refractivity (Wildman–Crippen MR) is 84.3 cm³/mol. The van der Waals surface area contributed by atoms with Crippen LogP contribution in [-0.2, 0) is 16.8 Å². The molecule has 2 atom stereocenters. The van der Waals surface area contributed by atoms with E-state index in [4.69, 9.17) is 0 Å². The molecule has 2 aromatic rings. The Kier molecular flexibility index (Phi) is 2.93. The third kappa shape index (κ3) is 1.87. The minimum absolute atomic E-state index is 0.110. The van der Waals surface area contributed by atoms with Crippen LogP contribution in [0.15, 0.2) is 24.3 Å². The third-order valence-electron chi connectivity index (χ3n) is 5.45. The highest BCUT2D eigenvalue weighted by molar-refractivity contribution is 5.87. The van der Waals surface area contributed by atoms with Crippen molar-refractivity contribution in [2.75, 3.05) is 6.54 Å². The molecular weight excluding hydrogens is 260 g/mol. The molecule has 3 heteroatoms. The number of aromatic nitrogens is 1. The van der Waals surface area contributed by atoms with Crippen LogP contribution in [0.25, 0.3) is 10.9 Å². The first-order valence-electron chi connectivity index (χ1n) is 8.08. The zero-order valence-electron chi connectivity index (χ0n) is 12.5. The van der Waals surface area contributed by atoms with Gasteiger partial charge in [-0.15, -0.1) is 0 Å². The number of para-hydroxylation sites is 1. The van der Waals surface area contributed by atoms with E-state index in [9.17, 15) is 4.79 Å². The van der Waals surface area contributed by atoms with Crippen molar-refractivity contribution in [1.29, 1.82) is 0 Å². The van der Waals surface area contributed by atoms with E-state index < -0.39 is 0 Å². The maximum atomic E-state index is 12.5. The van der Waals surface area contributed by atoms with E-state index in [-0.39, 0.29) is 11.5 Å². The smallest absolute Gasteiger partial charge is 0.138 e. The Balaban J connectivity index is 1.87. The number of hydrogen-bond donors (Lipinski definition) is 2. The van der Waals surface area contributed by atoms with Gasteiger partial charge < -0.3 is 10.3 Å². The van der Waals surface area contributed by atoms with Crippen molar-refractivity contribution in [3.05, 3.63) is 35.5 Å². The van der Waals surface area contributed by atoms with Crippen LogP contribution in [0.5, 0.6) is 0 Å². The first-order valence-corrected chi connectivity index (χ1v) is 8.08. The van der Waals surface area contributed by atoms with Crippen LogP contribution in [0.3, 0.4) is 0 Å². The number of fused-ring (bicyclic) bond motifs is 3. The van der Waals surface area contributed by atoms with Gasteiger partial charge in [0, 0.05) is 35.5 Å². The second-order valence-corrected chi connectivity index (χ2v) is 6.67. The number of aromatic amines is 1. The van der Waals surface area contributed by atoms with Gasteiger partial charge in [-0.3, -0.25) is 4.79 Å². The summed E-state index contributed by atoms with van der Waals surface area (Å²) in [7, 11) is 0. The minimum Gasteiger partial charge on any atom is -0.357 e. The highest BCUT2D eigenvalue weighted by Crippen LogP contribution is 2.42. The zero-order valence-corrected chi connectivity index (χ0v) is 12.5. The fourth-order valence-corrected chi connectivity index (χ4v) is 4.33. The largest absolute Gasteiger partial charge is 0.357 e. The van der Waals surface area contributed by atoms with Gasteiger partial charge in [0.2, 0.25) is 0 Å². The maximum Gasteiger partial charge on any atom is 0.138 e. The molecule has 0 amide bonds. The molecule has 110 valence electrons. The summed E-state index contributed by atoms with van der Waals surface area (Å²) in [5.74, 6) is 0.543. The molecule has 0 bridgehead atoms. The summed E-state index contributed by atoms with van der Waals surface area (Å²) in [6, 6.07) is 8.50. The lowest BCUT2D eigenvalue weighted by atomic mass is 9.71. The van der Waals surface area contributed by atoms with Crippen LogP contribution in [0, 0.1) is 5.92 Å². The summed E-state index contributed by atoms with van der Waals surface area (Å²) in [6.07, 6.45) is 5.03. The fourth-order valence-electron chi connectivity index (χ4n) is 4.33. The summed E-state index contributed by atoms with van der Waals surface area (Å²) in [6.45, 7) is 3.17. The van der Waals surface area contributed by atoms with Crippen molar-refractivity contribution in [2.45, 2.75) is 44.6 Å². The molecule has 2 aliphatic rings. The topological polar surface area (TPSA) is 44.9 Å². The van der Waals surface area contributed by atoms with Gasteiger partial charge in [0.25, 0.3) is 0 Å². The number of rotatable bonds is 1. The Morgan fingerprint density at radius 1 is 1.19 bits per heavy atom. The number of carbonyl (C=O) groups is 1. The number of Topliss-reactive ketones (excluding diaryl/α,β-unsaturated/α-hetero) is 1. The molecule has 1 aliphatic carbocycles. The molecule has 0 saturated heterocycles. The monoisotopic (exact) mass is 282 g/mol. The Morgan fingerprint density at radius 3 is 2.90 bits per heavy atom. The lowest BCUT2D eigenvalue weighted by Crippen LogP contribution is -2.53. The summed E-state index contributed by atoms with van der Waals surface area (Å²) in [4.78, 5) is 16.1. The van der Waals surface area contributed by atoms with E-state index in [0.717, 1.165) is 32.2 Å². The van der Waals surface area contributed by atoms with E-state index in [2.05, 4.69) is 41.5 Å². The minimum atomic E-state index is -0.232. The van der Waals surface area contributed by atoms with Crippen LogP contribution < -0.4 is 5.32 Å². The summed E-state index contributed by atoms with van der Waals surface area (Å²) in [5, 5.41) is 4.98. The number of hydrogen-bond acceptors (Lipinski definition) is 2. The molecule has 1 saturated carbocycles. The van der Waals surface area contributed by atoms with Gasteiger partial charge in [0.15, 0.2) is 0 Å². The lowest BCUT2D eigenvalue weighted by Gasteiger charge is -2.42. The van der Waals surface area contributed by atoms with E-state index >= 15 is 0 Å². The SMILES string of the molecule is CC1(C2CCCCC2=O)NCCc2c1[nH]c1ccccc21. The average molecular weight is 282 g/mol. The van der Waals surface area contributed by atoms with E-state index in [1.54, 1.807) is 0 Å². The van der Waals surface area contributed by atoms with Crippen LogP contribution in [0.4, 0.5) is 0 Å². The molecule has 1 fully saturated rings. The normalized spacial score (nSPS) is 29.6. The second kappa shape index (κ2) is 4.70. The molecular formula is C18H22N2O. The molecule has 1 aliphatic heterocycles. The highest BCUT2D eigenvalue weighted by Gasteiger charge is 2.44. The number of nitrogens with one attached hydrogen (secondary N) is 2. The quantitative estimate of drug-likeness (QED) is 0.843. The van der Waals surface area contributed by atoms with E-state index in [1.165, 1.54) is 28.6 Å². The summed E-state index contributed by atoms with van der Waals surface area (Å²) < 4.78 is 0. The van der Waals surface area contributed by atoms with Gasteiger partial charge in [-0.05, 0) is 37.8 Å². The molecule has 21 heavy (non-hydrogen) atoms. The number of ketones is 1. The van der Waals surface area contributed by atoms with Gasteiger partial charge in [0.05, 0.1) is 5.54 Å².